The number of aryl methyl sites for hydroxylation is 2. The molecule has 1 saturated heterocycles. The first kappa shape index (κ1) is 11.9. The topological polar surface area (TPSA) is 9.23 Å². The van der Waals surface area contributed by atoms with Crippen LogP contribution >= 0.6 is 33.9 Å². The number of hydrogen-bond acceptors (Lipinski definition) is 2. The van der Waals surface area contributed by atoms with Gasteiger partial charge in [0.15, 0.2) is 0 Å². The van der Waals surface area contributed by atoms with Crippen LogP contribution in [0.5, 0.6) is 0 Å². The van der Waals surface area contributed by atoms with Crippen LogP contribution in [0, 0.1) is 13.8 Å². The molecule has 3 heteroatoms. The molecule has 2 heterocycles. The largest absolute Gasteiger partial charge is 0.369 e. The third-order valence-electron chi connectivity index (χ3n) is 2.95. The molecule has 1 nitrogen and oxygen atoms in total. The van der Waals surface area contributed by atoms with Crippen LogP contribution in [-0.2, 0) is 4.74 Å². The molecule has 84 valence electrons. The zero-order valence-corrected chi connectivity index (χ0v) is 12.2. The standard InChI is InChI=1S/C12H17IOS/c1-8-6-11(9(2)15-8)12-5-3-4-10(7-13)14-12/h6,10,12H,3-5,7H2,1-2H3. The Balaban J connectivity index is 2.13. The Morgan fingerprint density at radius 1 is 1.47 bits per heavy atom. The van der Waals surface area contributed by atoms with E-state index in [-0.39, 0.29) is 0 Å². The molecule has 1 aliphatic heterocycles. The number of ether oxygens (including phenoxy) is 1. The van der Waals surface area contributed by atoms with E-state index in [0.717, 1.165) is 4.43 Å². The number of halogens is 1. The van der Waals surface area contributed by atoms with Crippen molar-refractivity contribution in [1.29, 1.82) is 0 Å². The first-order valence-corrected chi connectivity index (χ1v) is 7.83. The van der Waals surface area contributed by atoms with Crippen molar-refractivity contribution in [3.8, 4) is 0 Å². The molecule has 1 aromatic heterocycles. The highest BCUT2D eigenvalue weighted by Crippen LogP contribution is 2.36. The van der Waals surface area contributed by atoms with Crippen molar-refractivity contribution in [3.63, 3.8) is 0 Å². The van der Waals surface area contributed by atoms with Crippen LogP contribution in [0.3, 0.4) is 0 Å². The highest BCUT2D eigenvalue weighted by atomic mass is 127. The predicted molar refractivity (Wildman–Crippen MR) is 74.1 cm³/mol. The van der Waals surface area contributed by atoms with Crippen LogP contribution in [-0.4, -0.2) is 10.5 Å². The first-order chi connectivity index (χ1) is 7.20. The summed E-state index contributed by atoms with van der Waals surface area (Å²) in [5.41, 5.74) is 1.44. The third-order valence-corrected chi connectivity index (χ3v) is 4.91. The van der Waals surface area contributed by atoms with Gasteiger partial charge >= 0.3 is 0 Å². The van der Waals surface area contributed by atoms with Gasteiger partial charge in [0.2, 0.25) is 0 Å². The quantitative estimate of drug-likeness (QED) is 0.574. The zero-order valence-electron chi connectivity index (χ0n) is 9.25. The molecule has 2 rings (SSSR count). The van der Waals surface area contributed by atoms with Gasteiger partial charge in [-0.1, -0.05) is 22.6 Å². The average Bonchev–Trinajstić information content (AvgIpc) is 2.58. The predicted octanol–water partition coefficient (Wildman–Crippen LogP) is 4.41. The third kappa shape index (κ3) is 2.74. The zero-order chi connectivity index (χ0) is 10.8. The SMILES string of the molecule is Cc1cc(C2CCCC(CI)O2)c(C)s1. The smallest absolute Gasteiger partial charge is 0.0839 e. The normalized spacial score (nSPS) is 26.9. The van der Waals surface area contributed by atoms with E-state index in [4.69, 9.17) is 4.74 Å². The number of thiophene rings is 1. The summed E-state index contributed by atoms with van der Waals surface area (Å²) in [7, 11) is 0. The fraction of sp³-hybridized carbons (Fsp3) is 0.667. The fourth-order valence-electron chi connectivity index (χ4n) is 2.21. The number of alkyl halides is 1. The molecule has 0 bridgehead atoms. The van der Waals surface area contributed by atoms with E-state index < -0.39 is 0 Å². The van der Waals surface area contributed by atoms with Gasteiger partial charge in [0.25, 0.3) is 0 Å². The minimum absolute atomic E-state index is 0.364. The van der Waals surface area contributed by atoms with Gasteiger partial charge in [0.1, 0.15) is 0 Å². The van der Waals surface area contributed by atoms with Gasteiger partial charge in [-0.25, -0.2) is 0 Å². The summed E-state index contributed by atoms with van der Waals surface area (Å²) >= 11 is 4.32. The molecule has 0 N–H and O–H groups in total. The van der Waals surface area contributed by atoms with Crippen molar-refractivity contribution in [1.82, 2.24) is 0 Å². The summed E-state index contributed by atoms with van der Waals surface area (Å²) in [6.07, 6.45) is 4.59. The molecule has 0 amide bonds. The second kappa shape index (κ2) is 5.15. The molecule has 0 spiro atoms. The lowest BCUT2D eigenvalue weighted by Gasteiger charge is -2.29. The molecule has 0 saturated carbocycles. The van der Waals surface area contributed by atoms with Crippen LogP contribution in [0.4, 0.5) is 0 Å². The second-order valence-corrected chi connectivity index (χ2v) is 6.54. The van der Waals surface area contributed by atoms with Crippen LogP contribution in [0.2, 0.25) is 0 Å². The van der Waals surface area contributed by atoms with Gasteiger partial charge < -0.3 is 4.74 Å². The lowest BCUT2D eigenvalue weighted by atomic mass is 9.99. The monoisotopic (exact) mass is 336 g/mol. The molecule has 1 aliphatic rings. The lowest BCUT2D eigenvalue weighted by Crippen LogP contribution is -2.23. The van der Waals surface area contributed by atoms with Gasteiger partial charge in [-0.05, 0) is 44.7 Å². The molecule has 15 heavy (non-hydrogen) atoms. The van der Waals surface area contributed by atoms with E-state index in [1.165, 1.54) is 34.6 Å². The number of hydrogen-bond donors (Lipinski definition) is 0. The van der Waals surface area contributed by atoms with Gasteiger partial charge in [0.05, 0.1) is 12.2 Å². The molecule has 1 fully saturated rings. The summed E-state index contributed by atoms with van der Waals surface area (Å²) in [5, 5.41) is 0. The van der Waals surface area contributed by atoms with Crippen molar-refractivity contribution < 1.29 is 4.74 Å². The molecular weight excluding hydrogens is 319 g/mol. The molecular formula is C12H17IOS. The molecule has 0 radical (unpaired) electrons. The highest BCUT2D eigenvalue weighted by Gasteiger charge is 2.24. The van der Waals surface area contributed by atoms with Crippen molar-refractivity contribution in [2.24, 2.45) is 0 Å². The first-order valence-electron chi connectivity index (χ1n) is 5.49. The Morgan fingerprint density at radius 2 is 2.27 bits per heavy atom. The van der Waals surface area contributed by atoms with Crippen LogP contribution in [0.15, 0.2) is 6.07 Å². The van der Waals surface area contributed by atoms with Gasteiger partial charge in [0, 0.05) is 14.2 Å². The Labute approximate surface area is 109 Å². The maximum atomic E-state index is 6.11. The van der Waals surface area contributed by atoms with Crippen molar-refractivity contribution in [2.75, 3.05) is 4.43 Å². The van der Waals surface area contributed by atoms with E-state index in [1.54, 1.807) is 0 Å². The van der Waals surface area contributed by atoms with E-state index >= 15 is 0 Å². The van der Waals surface area contributed by atoms with Crippen LogP contribution in [0.25, 0.3) is 0 Å². The highest BCUT2D eigenvalue weighted by molar-refractivity contribution is 14.1. The number of rotatable bonds is 2. The minimum atomic E-state index is 0.364. The molecule has 2 atom stereocenters. The van der Waals surface area contributed by atoms with E-state index in [0.29, 0.717) is 12.2 Å². The maximum Gasteiger partial charge on any atom is 0.0839 e. The second-order valence-electron chi connectivity index (χ2n) is 4.20. The van der Waals surface area contributed by atoms with Crippen LogP contribution in [0.1, 0.15) is 40.7 Å². The summed E-state index contributed by atoms with van der Waals surface area (Å²) < 4.78 is 7.24. The minimum Gasteiger partial charge on any atom is -0.369 e. The Hall–Kier alpha value is 0.390. The Morgan fingerprint density at radius 3 is 2.87 bits per heavy atom. The Bertz CT molecular complexity index is 334. The van der Waals surface area contributed by atoms with Gasteiger partial charge in [-0.3, -0.25) is 0 Å². The van der Waals surface area contributed by atoms with Crippen LogP contribution < -0.4 is 0 Å². The molecule has 0 aromatic carbocycles. The summed E-state index contributed by atoms with van der Waals surface area (Å²) in [5.74, 6) is 0. The van der Waals surface area contributed by atoms with Crippen molar-refractivity contribution in [2.45, 2.75) is 45.3 Å². The van der Waals surface area contributed by atoms with Crippen molar-refractivity contribution >= 4 is 33.9 Å². The van der Waals surface area contributed by atoms with E-state index in [1.807, 2.05) is 11.3 Å². The van der Waals surface area contributed by atoms with Crippen molar-refractivity contribution in [3.05, 3.63) is 21.4 Å². The summed E-state index contributed by atoms with van der Waals surface area (Å²) in [6, 6.07) is 2.31. The molecule has 2 unspecified atom stereocenters. The average molecular weight is 336 g/mol. The molecule has 1 aromatic rings. The van der Waals surface area contributed by atoms with Gasteiger partial charge in [-0.15, -0.1) is 11.3 Å². The molecule has 0 aliphatic carbocycles. The van der Waals surface area contributed by atoms with E-state index in [9.17, 15) is 0 Å². The summed E-state index contributed by atoms with van der Waals surface area (Å²) in [6.45, 7) is 4.39. The van der Waals surface area contributed by atoms with Gasteiger partial charge in [-0.2, -0.15) is 0 Å². The fourth-order valence-corrected chi connectivity index (χ4v) is 3.84. The van der Waals surface area contributed by atoms with E-state index in [2.05, 4.69) is 42.5 Å². The Kier molecular flexibility index (Phi) is 4.07. The maximum absolute atomic E-state index is 6.11. The summed E-state index contributed by atoms with van der Waals surface area (Å²) in [4.78, 5) is 2.84. The lowest BCUT2D eigenvalue weighted by molar-refractivity contribution is -0.0376.